The van der Waals surface area contributed by atoms with Gasteiger partial charge in [0.2, 0.25) is 0 Å². The van der Waals surface area contributed by atoms with Gasteiger partial charge >= 0.3 is 0 Å². The predicted molar refractivity (Wildman–Crippen MR) is 64.5 cm³/mol. The summed E-state index contributed by atoms with van der Waals surface area (Å²) in [6, 6.07) is 4.66. The highest BCUT2D eigenvalue weighted by Gasteiger charge is 2.10. The van der Waals surface area contributed by atoms with Crippen molar-refractivity contribution in [2.45, 2.75) is 12.8 Å². The monoisotopic (exact) mass is 221 g/mol. The summed E-state index contributed by atoms with van der Waals surface area (Å²) in [5.74, 6) is -0.469. The average Bonchev–Trinajstić information content (AvgIpc) is 2.29. The van der Waals surface area contributed by atoms with Crippen molar-refractivity contribution in [3.8, 4) is 0 Å². The minimum Gasteiger partial charge on any atom is -0.374 e. The van der Waals surface area contributed by atoms with Crippen molar-refractivity contribution in [1.29, 1.82) is 0 Å². The van der Waals surface area contributed by atoms with E-state index in [2.05, 4.69) is 6.58 Å². The fourth-order valence-corrected chi connectivity index (χ4v) is 1.57. The summed E-state index contributed by atoms with van der Waals surface area (Å²) in [4.78, 5) is 12.7. The lowest BCUT2D eigenvalue weighted by molar-refractivity contribution is 0.112. The van der Waals surface area contributed by atoms with E-state index in [1.807, 2.05) is 18.0 Å². The van der Waals surface area contributed by atoms with Crippen molar-refractivity contribution in [1.82, 2.24) is 0 Å². The number of allylic oxidation sites excluding steroid dienone is 1. The number of anilines is 1. The molecule has 0 unspecified atom stereocenters. The molecule has 3 heteroatoms. The lowest BCUT2D eigenvalue weighted by Gasteiger charge is -2.20. The van der Waals surface area contributed by atoms with E-state index < -0.39 is 5.82 Å². The Morgan fingerprint density at radius 1 is 1.50 bits per heavy atom. The van der Waals surface area contributed by atoms with Crippen LogP contribution in [0.15, 0.2) is 30.9 Å². The standard InChI is InChI=1S/C13H16FNO/c1-3-4-5-9-15(2)13-8-6-7-12(14)11(13)10-16/h3,6-8,10H,1,4-5,9H2,2H3. The van der Waals surface area contributed by atoms with Gasteiger partial charge in [0, 0.05) is 19.3 Å². The number of carbonyl (C=O) groups excluding carboxylic acids is 1. The Morgan fingerprint density at radius 2 is 2.25 bits per heavy atom. The molecule has 0 saturated carbocycles. The molecular weight excluding hydrogens is 205 g/mol. The van der Waals surface area contributed by atoms with Crippen LogP contribution in [-0.2, 0) is 0 Å². The first-order valence-electron chi connectivity index (χ1n) is 5.26. The van der Waals surface area contributed by atoms with Crippen LogP contribution in [0.2, 0.25) is 0 Å². The fourth-order valence-electron chi connectivity index (χ4n) is 1.57. The second-order valence-electron chi connectivity index (χ2n) is 3.64. The smallest absolute Gasteiger partial charge is 0.155 e. The largest absolute Gasteiger partial charge is 0.374 e. The Bertz CT molecular complexity index is 376. The van der Waals surface area contributed by atoms with Crippen molar-refractivity contribution in [3.63, 3.8) is 0 Å². The van der Waals surface area contributed by atoms with Gasteiger partial charge in [0.15, 0.2) is 6.29 Å². The van der Waals surface area contributed by atoms with Gasteiger partial charge in [-0.1, -0.05) is 12.1 Å². The van der Waals surface area contributed by atoms with Gasteiger partial charge in [0.05, 0.1) is 5.56 Å². The molecule has 0 aliphatic carbocycles. The number of rotatable bonds is 6. The molecule has 0 radical (unpaired) electrons. The van der Waals surface area contributed by atoms with Crippen LogP contribution in [0, 0.1) is 5.82 Å². The summed E-state index contributed by atoms with van der Waals surface area (Å²) in [6.07, 6.45) is 4.26. The van der Waals surface area contributed by atoms with Gasteiger partial charge in [-0.15, -0.1) is 6.58 Å². The minimum atomic E-state index is -0.469. The van der Waals surface area contributed by atoms with Gasteiger partial charge in [-0.2, -0.15) is 0 Å². The zero-order chi connectivity index (χ0) is 12.0. The second-order valence-corrected chi connectivity index (χ2v) is 3.64. The van der Waals surface area contributed by atoms with Crippen molar-refractivity contribution in [2.24, 2.45) is 0 Å². The lowest BCUT2D eigenvalue weighted by atomic mass is 10.1. The molecule has 16 heavy (non-hydrogen) atoms. The predicted octanol–water partition coefficient (Wildman–Crippen LogP) is 3.04. The molecule has 1 rings (SSSR count). The molecule has 0 saturated heterocycles. The van der Waals surface area contributed by atoms with E-state index in [1.54, 1.807) is 12.1 Å². The molecule has 0 N–H and O–H groups in total. The van der Waals surface area contributed by atoms with Gasteiger partial charge in [-0.25, -0.2) is 4.39 Å². The third-order valence-electron chi connectivity index (χ3n) is 2.46. The Hall–Kier alpha value is -1.64. The molecule has 0 atom stereocenters. The summed E-state index contributed by atoms with van der Waals surface area (Å²) in [5.41, 5.74) is 0.766. The number of hydrogen-bond donors (Lipinski definition) is 0. The first-order chi connectivity index (χ1) is 7.70. The van der Waals surface area contributed by atoms with E-state index in [0.717, 1.165) is 19.4 Å². The number of hydrogen-bond acceptors (Lipinski definition) is 2. The van der Waals surface area contributed by atoms with E-state index in [0.29, 0.717) is 12.0 Å². The van der Waals surface area contributed by atoms with Crippen molar-refractivity contribution in [2.75, 3.05) is 18.5 Å². The van der Waals surface area contributed by atoms with Crippen molar-refractivity contribution < 1.29 is 9.18 Å². The highest BCUT2D eigenvalue weighted by molar-refractivity contribution is 5.84. The Labute approximate surface area is 95.4 Å². The molecule has 1 aromatic carbocycles. The zero-order valence-corrected chi connectivity index (χ0v) is 9.45. The maximum absolute atomic E-state index is 13.3. The molecule has 0 fully saturated rings. The van der Waals surface area contributed by atoms with E-state index in [9.17, 15) is 9.18 Å². The third kappa shape index (κ3) is 2.92. The highest BCUT2D eigenvalue weighted by Crippen LogP contribution is 2.20. The SMILES string of the molecule is C=CCCCN(C)c1cccc(F)c1C=O. The van der Waals surface area contributed by atoms with Gasteiger partial charge in [0.25, 0.3) is 0 Å². The van der Waals surface area contributed by atoms with E-state index >= 15 is 0 Å². The van der Waals surface area contributed by atoms with Gasteiger partial charge in [-0.3, -0.25) is 4.79 Å². The first kappa shape index (κ1) is 12.4. The summed E-state index contributed by atoms with van der Waals surface area (Å²) in [7, 11) is 1.85. The van der Waals surface area contributed by atoms with Crippen LogP contribution in [0.4, 0.5) is 10.1 Å². The zero-order valence-electron chi connectivity index (χ0n) is 9.45. The van der Waals surface area contributed by atoms with Gasteiger partial charge in [0.1, 0.15) is 5.82 Å². The average molecular weight is 221 g/mol. The molecule has 2 nitrogen and oxygen atoms in total. The normalized spacial score (nSPS) is 9.88. The summed E-state index contributed by atoms with van der Waals surface area (Å²) in [5, 5.41) is 0. The fraction of sp³-hybridized carbons (Fsp3) is 0.308. The maximum Gasteiger partial charge on any atom is 0.155 e. The molecule has 0 bridgehead atoms. The molecule has 0 spiro atoms. The molecule has 86 valence electrons. The second kappa shape index (κ2) is 6.05. The molecule has 0 aliphatic heterocycles. The topological polar surface area (TPSA) is 20.3 Å². The van der Waals surface area contributed by atoms with E-state index in [-0.39, 0.29) is 5.56 Å². The Morgan fingerprint density at radius 3 is 2.88 bits per heavy atom. The molecule has 0 heterocycles. The first-order valence-corrected chi connectivity index (χ1v) is 5.26. The maximum atomic E-state index is 13.3. The quantitative estimate of drug-likeness (QED) is 0.418. The van der Waals surface area contributed by atoms with Crippen LogP contribution >= 0.6 is 0 Å². The van der Waals surface area contributed by atoms with E-state index in [4.69, 9.17) is 0 Å². The summed E-state index contributed by atoms with van der Waals surface area (Å²) >= 11 is 0. The van der Waals surface area contributed by atoms with Gasteiger partial charge in [-0.05, 0) is 25.0 Å². The van der Waals surface area contributed by atoms with Gasteiger partial charge < -0.3 is 4.90 Å². The van der Waals surface area contributed by atoms with Crippen LogP contribution in [0.5, 0.6) is 0 Å². The van der Waals surface area contributed by atoms with Crippen LogP contribution in [-0.4, -0.2) is 19.9 Å². The molecule has 0 aromatic heterocycles. The molecule has 1 aromatic rings. The number of unbranched alkanes of at least 4 members (excludes halogenated alkanes) is 1. The number of carbonyl (C=O) groups is 1. The number of nitrogens with zero attached hydrogens (tertiary/aromatic N) is 1. The van der Waals surface area contributed by atoms with Crippen molar-refractivity contribution >= 4 is 12.0 Å². The molecule has 0 aliphatic rings. The van der Waals surface area contributed by atoms with Crippen LogP contribution in [0.1, 0.15) is 23.2 Å². The molecular formula is C13H16FNO. The minimum absolute atomic E-state index is 0.128. The summed E-state index contributed by atoms with van der Waals surface area (Å²) in [6.45, 7) is 4.42. The van der Waals surface area contributed by atoms with Crippen molar-refractivity contribution in [3.05, 3.63) is 42.2 Å². The third-order valence-corrected chi connectivity index (χ3v) is 2.46. The Balaban J connectivity index is 2.81. The van der Waals surface area contributed by atoms with E-state index in [1.165, 1.54) is 6.07 Å². The molecule has 0 amide bonds. The number of benzene rings is 1. The van der Waals surface area contributed by atoms with Crippen LogP contribution < -0.4 is 4.90 Å². The van der Waals surface area contributed by atoms with Crippen LogP contribution in [0.25, 0.3) is 0 Å². The Kier molecular flexibility index (Phi) is 4.70. The number of aldehydes is 1. The summed E-state index contributed by atoms with van der Waals surface area (Å²) < 4.78 is 13.3. The number of halogens is 1. The highest BCUT2D eigenvalue weighted by atomic mass is 19.1. The lowest BCUT2D eigenvalue weighted by Crippen LogP contribution is -2.20. The van der Waals surface area contributed by atoms with Crippen LogP contribution in [0.3, 0.4) is 0 Å².